The van der Waals surface area contributed by atoms with Crippen molar-refractivity contribution >= 4 is 0 Å². The molecule has 0 aromatic carbocycles. The third kappa shape index (κ3) is 2.35. The second-order valence-corrected chi connectivity index (χ2v) is 3.99. The number of aryl methyl sites for hydroxylation is 2. The third-order valence-electron chi connectivity index (χ3n) is 2.68. The lowest BCUT2D eigenvalue weighted by Crippen LogP contribution is -2.18. The van der Waals surface area contributed by atoms with E-state index in [9.17, 15) is 0 Å². The molecule has 0 bridgehead atoms. The summed E-state index contributed by atoms with van der Waals surface area (Å²) >= 11 is 0. The van der Waals surface area contributed by atoms with E-state index in [-0.39, 0.29) is 6.04 Å². The molecule has 0 saturated heterocycles. The molecular formula is C11H21N3. The van der Waals surface area contributed by atoms with Crippen LogP contribution in [0.2, 0.25) is 0 Å². The smallest absolute Gasteiger partial charge is 0.0628 e. The molecule has 1 heterocycles. The van der Waals surface area contributed by atoms with Crippen molar-refractivity contribution in [2.75, 3.05) is 0 Å². The summed E-state index contributed by atoms with van der Waals surface area (Å²) in [7, 11) is 0. The van der Waals surface area contributed by atoms with Crippen LogP contribution in [-0.2, 0) is 13.0 Å². The normalized spacial score (nSPS) is 13.2. The van der Waals surface area contributed by atoms with Crippen LogP contribution < -0.4 is 5.73 Å². The Bertz CT molecular complexity index is 300. The molecule has 0 aliphatic heterocycles. The predicted molar refractivity (Wildman–Crippen MR) is 59.3 cm³/mol. The summed E-state index contributed by atoms with van der Waals surface area (Å²) in [5.74, 6) is 0. The largest absolute Gasteiger partial charge is 0.328 e. The van der Waals surface area contributed by atoms with E-state index in [0.717, 1.165) is 25.1 Å². The molecular weight excluding hydrogens is 174 g/mol. The highest BCUT2D eigenvalue weighted by molar-refractivity contribution is 5.24. The summed E-state index contributed by atoms with van der Waals surface area (Å²) in [5.41, 5.74) is 9.57. The van der Waals surface area contributed by atoms with E-state index in [0.29, 0.717) is 0 Å². The predicted octanol–water partition coefficient (Wildman–Crippen LogP) is 1.80. The Hall–Kier alpha value is -0.830. The Morgan fingerprint density at radius 1 is 1.43 bits per heavy atom. The lowest BCUT2D eigenvalue weighted by atomic mass is 10.1. The molecule has 1 atom stereocenters. The van der Waals surface area contributed by atoms with Crippen LogP contribution in [0.25, 0.3) is 0 Å². The summed E-state index contributed by atoms with van der Waals surface area (Å²) in [6.45, 7) is 9.36. The minimum absolute atomic E-state index is 0.254. The fraction of sp³-hybridized carbons (Fsp3) is 0.727. The molecule has 0 fully saturated rings. The third-order valence-corrected chi connectivity index (χ3v) is 2.68. The Labute approximate surface area is 86.3 Å². The molecule has 0 amide bonds. The van der Waals surface area contributed by atoms with Gasteiger partial charge >= 0.3 is 0 Å². The molecule has 0 aliphatic carbocycles. The quantitative estimate of drug-likeness (QED) is 0.796. The summed E-state index contributed by atoms with van der Waals surface area (Å²) in [6, 6.07) is 0.254. The van der Waals surface area contributed by atoms with Gasteiger partial charge in [0.05, 0.1) is 5.69 Å². The Morgan fingerprint density at radius 2 is 2.07 bits per heavy atom. The van der Waals surface area contributed by atoms with Crippen LogP contribution in [-0.4, -0.2) is 15.8 Å². The van der Waals surface area contributed by atoms with E-state index in [2.05, 4.69) is 30.6 Å². The average molecular weight is 195 g/mol. The topological polar surface area (TPSA) is 43.8 Å². The summed E-state index contributed by atoms with van der Waals surface area (Å²) < 4.78 is 2.08. The molecule has 0 aliphatic rings. The summed E-state index contributed by atoms with van der Waals surface area (Å²) in [5, 5.41) is 4.51. The molecule has 1 unspecified atom stereocenters. The van der Waals surface area contributed by atoms with Gasteiger partial charge in [0.1, 0.15) is 0 Å². The average Bonchev–Trinajstić information content (AvgIpc) is 2.38. The second-order valence-electron chi connectivity index (χ2n) is 3.99. The first-order valence-corrected chi connectivity index (χ1v) is 5.34. The van der Waals surface area contributed by atoms with Crippen molar-refractivity contribution < 1.29 is 0 Å². The zero-order valence-electron chi connectivity index (χ0n) is 9.67. The first-order chi connectivity index (χ1) is 6.56. The van der Waals surface area contributed by atoms with Gasteiger partial charge in [-0.25, -0.2) is 0 Å². The fourth-order valence-electron chi connectivity index (χ4n) is 1.79. The highest BCUT2D eigenvalue weighted by Crippen LogP contribution is 2.13. The van der Waals surface area contributed by atoms with Crippen molar-refractivity contribution in [3.05, 3.63) is 17.0 Å². The van der Waals surface area contributed by atoms with Gasteiger partial charge in [-0.05, 0) is 39.2 Å². The number of rotatable bonds is 4. The second kappa shape index (κ2) is 4.60. The van der Waals surface area contributed by atoms with Gasteiger partial charge in [-0.15, -0.1) is 0 Å². The van der Waals surface area contributed by atoms with Gasteiger partial charge in [-0.3, -0.25) is 4.68 Å². The van der Waals surface area contributed by atoms with Crippen molar-refractivity contribution in [1.29, 1.82) is 0 Å². The lowest BCUT2D eigenvalue weighted by molar-refractivity contribution is 0.518. The first kappa shape index (κ1) is 11.2. The summed E-state index contributed by atoms with van der Waals surface area (Å²) in [6.07, 6.45) is 2.06. The van der Waals surface area contributed by atoms with Crippen molar-refractivity contribution in [2.45, 2.75) is 53.1 Å². The zero-order valence-corrected chi connectivity index (χ0v) is 9.67. The van der Waals surface area contributed by atoms with Crippen molar-refractivity contribution in [2.24, 2.45) is 5.73 Å². The van der Waals surface area contributed by atoms with E-state index >= 15 is 0 Å². The SMILES string of the molecule is CCc1c(C)nn(CCC(C)N)c1C. The van der Waals surface area contributed by atoms with Crippen LogP contribution in [0.3, 0.4) is 0 Å². The molecule has 14 heavy (non-hydrogen) atoms. The number of hydrogen-bond donors (Lipinski definition) is 1. The number of hydrogen-bond acceptors (Lipinski definition) is 2. The molecule has 2 N–H and O–H groups in total. The number of nitrogens with zero attached hydrogens (tertiary/aromatic N) is 2. The van der Waals surface area contributed by atoms with Gasteiger partial charge in [0.15, 0.2) is 0 Å². The van der Waals surface area contributed by atoms with E-state index in [1.807, 2.05) is 6.92 Å². The van der Waals surface area contributed by atoms with Crippen LogP contribution >= 0.6 is 0 Å². The van der Waals surface area contributed by atoms with Gasteiger partial charge in [-0.2, -0.15) is 5.10 Å². The van der Waals surface area contributed by atoms with E-state index < -0.39 is 0 Å². The molecule has 3 heteroatoms. The Balaban J connectivity index is 2.78. The highest BCUT2D eigenvalue weighted by Gasteiger charge is 2.09. The molecule has 0 spiro atoms. The molecule has 0 radical (unpaired) electrons. The Morgan fingerprint density at radius 3 is 2.50 bits per heavy atom. The fourth-order valence-corrected chi connectivity index (χ4v) is 1.79. The van der Waals surface area contributed by atoms with Gasteiger partial charge in [0.25, 0.3) is 0 Å². The first-order valence-electron chi connectivity index (χ1n) is 5.34. The van der Waals surface area contributed by atoms with E-state index in [1.165, 1.54) is 11.3 Å². The van der Waals surface area contributed by atoms with E-state index in [4.69, 9.17) is 5.73 Å². The van der Waals surface area contributed by atoms with Crippen LogP contribution in [0.15, 0.2) is 0 Å². The maximum absolute atomic E-state index is 5.73. The van der Waals surface area contributed by atoms with Crippen LogP contribution in [0.4, 0.5) is 0 Å². The van der Waals surface area contributed by atoms with Crippen LogP contribution in [0, 0.1) is 13.8 Å². The number of nitrogens with two attached hydrogens (primary N) is 1. The molecule has 1 rings (SSSR count). The van der Waals surface area contributed by atoms with Crippen molar-refractivity contribution in [3.8, 4) is 0 Å². The monoisotopic (exact) mass is 195 g/mol. The molecule has 1 aromatic heterocycles. The van der Waals surface area contributed by atoms with Crippen LogP contribution in [0.1, 0.15) is 37.2 Å². The van der Waals surface area contributed by atoms with E-state index in [1.54, 1.807) is 0 Å². The standard InChI is InChI=1S/C11H21N3/c1-5-11-9(3)13-14(10(11)4)7-6-8(2)12/h8H,5-7,12H2,1-4H3. The molecule has 0 saturated carbocycles. The summed E-state index contributed by atoms with van der Waals surface area (Å²) in [4.78, 5) is 0. The van der Waals surface area contributed by atoms with Gasteiger partial charge in [-0.1, -0.05) is 6.92 Å². The van der Waals surface area contributed by atoms with Crippen molar-refractivity contribution in [1.82, 2.24) is 9.78 Å². The highest BCUT2D eigenvalue weighted by atomic mass is 15.3. The minimum atomic E-state index is 0.254. The molecule has 3 nitrogen and oxygen atoms in total. The maximum Gasteiger partial charge on any atom is 0.0628 e. The Kier molecular flexibility index (Phi) is 3.69. The van der Waals surface area contributed by atoms with Gasteiger partial charge in [0, 0.05) is 18.3 Å². The van der Waals surface area contributed by atoms with Gasteiger partial charge < -0.3 is 5.73 Å². The zero-order chi connectivity index (χ0) is 10.7. The van der Waals surface area contributed by atoms with Crippen LogP contribution in [0.5, 0.6) is 0 Å². The van der Waals surface area contributed by atoms with Gasteiger partial charge in [0.2, 0.25) is 0 Å². The maximum atomic E-state index is 5.73. The molecule has 1 aromatic rings. The lowest BCUT2D eigenvalue weighted by Gasteiger charge is -2.07. The molecule has 80 valence electrons. The number of aromatic nitrogens is 2. The van der Waals surface area contributed by atoms with Crippen molar-refractivity contribution in [3.63, 3.8) is 0 Å². The minimum Gasteiger partial charge on any atom is -0.328 e.